The quantitative estimate of drug-likeness (QED) is 0.395. The number of carbonyl (C=O) groups excluding carboxylic acids is 2. The third-order valence-corrected chi connectivity index (χ3v) is 4.42. The summed E-state index contributed by atoms with van der Waals surface area (Å²) in [6.45, 7) is 2.32. The lowest BCUT2D eigenvalue weighted by molar-refractivity contribution is -0.385. The number of anilines is 1. The van der Waals surface area contributed by atoms with E-state index in [0.29, 0.717) is 29.1 Å². The van der Waals surface area contributed by atoms with Crippen LogP contribution in [-0.2, 0) is 0 Å². The first kappa shape index (κ1) is 21.8. The Balaban J connectivity index is 1.71. The van der Waals surface area contributed by atoms with E-state index in [0.717, 1.165) is 0 Å². The molecule has 3 aromatic carbocycles. The second-order valence-electron chi connectivity index (χ2n) is 6.39. The fourth-order valence-electron chi connectivity index (χ4n) is 2.72. The minimum Gasteiger partial charge on any atom is -0.450 e. The van der Waals surface area contributed by atoms with Crippen molar-refractivity contribution in [3.05, 3.63) is 93.0 Å². The highest BCUT2D eigenvalue weighted by Gasteiger charge is 2.17. The van der Waals surface area contributed by atoms with Crippen LogP contribution in [0.3, 0.4) is 0 Å². The van der Waals surface area contributed by atoms with Gasteiger partial charge in [-0.25, -0.2) is 0 Å². The second kappa shape index (κ2) is 9.73. The van der Waals surface area contributed by atoms with Gasteiger partial charge in [0, 0.05) is 34.4 Å². The minimum atomic E-state index is -0.585. The molecule has 0 unspecified atom stereocenters. The molecule has 0 atom stereocenters. The van der Waals surface area contributed by atoms with Crippen LogP contribution in [0.2, 0.25) is 5.02 Å². The van der Waals surface area contributed by atoms with E-state index in [4.69, 9.17) is 16.3 Å². The summed E-state index contributed by atoms with van der Waals surface area (Å²) in [6, 6.07) is 16.8. The van der Waals surface area contributed by atoms with Crippen LogP contribution in [0, 0.1) is 10.1 Å². The van der Waals surface area contributed by atoms with Crippen LogP contribution in [0.25, 0.3) is 0 Å². The number of hydrogen-bond acceptors (Lipinski definition) is 5. The van der Waals surface area contributed by atoms with E-state index in [9.17, 15) is 19.7 Å². The Morgan fingerprint density at radius 2 is 1.74 bits per heavy atom. The summed E-state index contributed by atoms with van der Waals surface area (Å²) in [5.74, 6) is -0.248. The van der Waals surface area contributed by atoms with E-state index in [2.05, 4.69) is 10.6 Å². The lowest BCUT2D eigenvalue weighted by Crippen LogP contribution is -2.22. The van der Waals surface area contributed by atoms with Crippen LogP contribution >= 0.6 is 11.6 Å². The zero-order chi connectivity index (χ0) is 22.4. The summed E-state index contributed by atoms with van der Waals surface area (Å²) in [4.78, 5) is 35.0. The van der Waals surface area contributed by atoms with Crippen LogP contribution in [0.15, 0.2) is 66.7 Å². The number of carbonyl (C=O) groups is 2. The molecule has 0 aliphatic heterocycles. The van der Waals surface area contributed by atoms with Gasteiger partial charge in [-0.1, -0.05) is 17.7 Å². The molecule has 3 rings (SSSR count). The molecule has 0 saturated carbocycles. The number of nitrogens with one attached hydrogen (secondary N) is 2. The maximum Gasteiger partial charge on any atom is 0.313 e. The van der Waals surface area contributed by atoms with Crippen LogP contribution in [0.1, 0.15) is 27.6 Å². The normalized spacial score (nSPS) is 10.3. The van der Waals surface area contributed by atoms with Gasteiger partial charge in [0.2, 0.25) is 5.75 Å². The van der Waals surface area contributed by atoms with E-state index in [1.165, 1.54) is 42.5 Å². The summed E-state index contributed by atoms with van der Waals surface area (Å²) >= 11 is 5.80. The maximum atomic E-state index is 12.5. The highest BCUT2D eigenvalue weighted by molar-refractivity contribution is 6.30. The van der Waals surface area contributed by atoms with E-state index in [1.54, 1.807) is 24.3 Å². The lowest BCUT2D eigenvalue weighted by atomic mass is 10.1. The number of ether oxygens (including phenoxy) is 1. The predicted octanol–water partition coefficient (Wildman–Crippen LogP) is 5.04. The lowest BCUT2D eigenvalue weighted by Gasteiger charge is -2.09. The molecule has 0 heterocycles. The Kier molecular flexibility index (Phi) is 6.84. The molecule has 0 aliphatic carbocycles. The molecular weight excluding hydrogens is 422 g/mol. The first-order valence-corrected chi connectivity index (χ1v) is 9.66. The van der Waals surface area contributed by atoms with Crippen molar-refractivity contribution in [1.29, 1.82) is 0 Å². The summed E-state index contributed by atoms with van der Waals surface area (Å²) < 4.78 is 5.57. The number of hydrogen-bond donors (Lipinski definition) is 2. The molecule has 158 valence electrons. The molecule has 9 heteroatoms. The van der Waals surface area contributed by atoms with E-state index < -0.39 is 4.92 Å². The van der Waals surface area contributed by atoms with Crippen molar-refractivity contribution >= 4 is 34.8 Å². The molecule has 2 N–H and O–H groups in total. The average molecular weight is 440 g/mol. The van der Waals surface area contributed by atoms with Gasteiger partial charge in [-0.2, -0.15) is 0 Å². The smallest absolute Gasteiger partial charge is 0.313 e. The van der Waals surface area contributed by atoms with E-state index in [-0.39, 0.29) is 28.3 Å². The molecule has 0 aromatic heterocycles. The molecule has 31 heavy (non-hydrogen) atoms. The van der Waals surface area contributed by atoms with Crippen molar-refractivity contribution in [2.45, 2.75) is 6.92 Å². The Bertz CT molecular complexity index is 1130. The molecule has 0 saturated heterocycles. The largest absolute Gasteiger partial charge is 0.450 e. The molecule has 0 radical (unpaired) electrons. The number of halogens is 1. The van der Waals surface area contributed by atoms with Gasteiger partial charge in [0.15, 0.2) is 0 Å². The van der Waals surface area contributed by atoms with E-state index >= 15 is 0 Å². The van der Waals surface area contributed by atoms with Gasteiger partial charge in [0.05, 0.1) is 4.92 Å². The van der Waals surface area contributed by atoms with Crippen LogP contribution < -0.4 is 15.4 Å². The summed E-state index contributed by atoms with van der Waals surface area (Å²) in [5.41, 5.74) is 1.00. The summed E-state index contributed by atoms with van der Waals surface area (Å²) in [7, 11) is 0. The molecule has 0 aliphatic rings. The Morgan fingerprint density at radius 3 is 2.42 bits per heavy atom. The molecular formula is C22H18ClN3O5. The van der Waals surface area contributed by atoms with E-state index in [1.807, 2.05) is 6.92 Å². The Labute approximate surface area is 182 Å². The van der Waals surface area contributed by atoms with Gasteiger partial charge >= 0.3 is 5.69 Å². The van der Waals surface area contributed by atoms with Crippen LogP contribution in [0.4, 0.5) is 11.4 Å². The van der Waals surface area contributed by atoms with Gasteiger partial charge in [0.1, 0.15) is 5.75 Å². The topological polar surface area (TPSA) is 111 Å². The maximum absolute atomic E-state index is 12.5. The molecule has 0 fully saturated rings. The molecule has 3 aromatic rings. The van der Waals surface area contributed by atoms with Crippen molar-refractivity contribution < 1.29 is 19.2 Å². The molecule has 0 bridgehead atoms. The van der Waals surface area contributed by atoms with Crippen molar-refractivity contribution in [2.75, 3.05) is 11.9 Å². The zero-order valence-corrected chi connectivity index (χ0v) is 17.2. The Hall–Kier alpha value is -3.91. The first-order chi connectivity index (χ1) is 14.9. The summed E-state index contributed by atoms with van der Waals surface area (Å²) in [5, 5.41) is 16.8. The third-order valence-electron chi connectivity index (χ3n) is 4.18. The first-order valence-electron chi connectivity index (χ1n) is 9.29. The monoisotopic (exact) mass is 439 g/mol. The van der Waals surface area contributed by atoms with Gasteiger partial charge in [0.25, 0.3) is 11.8 Å². The van der Waals surface area contributed by atoms with Crippen molar-refractivity contribution in [3.63, 3.8) is 0 Å². The fourth-order valence-corrected chi connectivity index (χ4v) is 2.89. The standard InChI is InChI=1S/C22H18ClN3O5/c1-2-24-21(27)15-4-3-5-17(12-15)25-22(28)14-6-9-18(10-7-14)31-20-11-8-16(23)13-19(20)26(29)30/h3-13H,2H2,1H3,(H,24,27)(H,25,28). The van der Waals surface area contributed by atoms with Gasteiger partial charge in [-0.05, 0) is 61.5 Å². The van der Waals surface area contributed by atoms with Gasteiger partial charge in [-0.3, -0.25) is 19.7 Å². The number of amides is 2. The number of benzene rings is 3. The number of nitro groups is 1. The number of rotatable bonds is 7. The molecule has 2 amide bonds. The zero-order valence-electron chi connectivity index (χ0n) is 16.4. The van der Waals surface area contributed by atoms with Crippen LogP contribution in [-0.4, -0.2) is 23.3 Å². The number of nitrogens with zero attached hydrogens (tertiary/aromatic N) is 1. The van der Waals surface area contributed by atoms with Gasteiger partial charge in [-0.15, -0.1) is 0 Å². The van der Waals surface area contributed by atoms with Gasteiger partial charge < -0.3 is 15.4 Å². The minimum absolute atomic E-state index is 0.0359. The SMILES string of the molecule is CCNC(=O)c1cccc(NC(=O)c2ccc(Oc3ccc(Cl)cc3[N+](=O)[O-])cc2)c1. The number of nitro benzene ring substituents is 1. The van der Waals surface area contributed by atoms with Crippen molar-refractivity contribution in [3.8, 4) is 11.5 Å². The second-order valence-corrected chi connectivity index (χ2v) is 6.83. The molecule has 8 nitrogen and oxygen atoms in total. The third kappa shape index (κ3) is 5.58. The van der Waals surface area contributed by atoms with Crippen molar-refractivity contribution in [2.24, 2.45) is 0 Å². The highest BCUT2D eigenvalue weighted by atomic mass is 35.5. The predicted molar refractivity (Wildman–Crippen MR) is 117 cm³/mol. The Morgan fingerprint density at radius 1 is 1.00 bits per heavy atom. The molecule has 0 spiro atoms. The fraction of sp³-hybridized carbons (Fsp3) is 0.0909. The van der Waals surface area contributed by atoms with Crippen molar-refractivity contribution in [1.82, 2.24) is 5.32 Å². The summed E-state index contributed by atoms with van der Waals surface area (Å²) in [6.07, 6.45) is 0. The van der Waals surface area contributed by atoms with Crippen LogP contribution in [0.5, 0.6) is 11.5 Å². The highest BCUT2D eigenvalue weighted by Crippen LogP contribution is 2.33. The average Bonchev–Trinajstić information content (AvgIpc) is 2.75.